The second kappa shape index (κ2) is 8.08. The van der Waals surface area contributed by atoms with E-state index in [1.54, 1.807) is 0 Å². The summed E-state index contributed by atoms with van der Waals surface area (Å²) in [5.74, 6) is 0. The predicted molar refractivity (Wildman–Crippen MR) is 71.6 cm³/mol. The molecule has 0 heterocycles. The van der Waals surface area contributed by atoms with Gasteiger partial charge in [-0.25, -0.2) is 0 Å². The molecule has 96 valence electrons. The summed E-state index contributed by atoms with van der Waals surface area (Å²) in [7, 11) is 2.02. The fourth-order valence-corrected chi connectivity index (χ4v) is 2.69. The van der Waals surface area contributed by atoms with E-state index in [1.807, 2.05) is 7.05 Å². The molecule has 0 bridgehead atoms. The minimum atomic E-state index is 0.368. The third-order valence-electron chi connectivity index (χ3n) is 3.90. The molecular formula is C14H30N2. The average Bonchev–Trinajstić information content (AvgIpc) is 2.33. The molecule has 0 aromatic rings. The van der Waals surface area contributed by atoms with E-state index in [9.17, 15) is 0 Å². The predicted octanol–water partition coefficient (Wildman–Crippen LogP) is 3.43. The third kappa shape index (κ3) is 5.86. The molecule has 0 amide bonds. The van der Waals surface area contributed by atoms with Crippen LogP contribution in [0.5, 0.6) is 0 Å². The van der Waals surface area contributed by atoms with Crippen molar-refractivity contribution >= 4 is 0 Å². The van der Waals surface area contributed by atoms with E-state index in [1.165, 1.54) is 64.2 Å². The van der Waals surface area contributed by atoms with Crippen molar-refractivity contribution < 1.29 is 0 Å². The van der Waals surface area contributed by atoms with E-state index in [4.69, 9.17) is 0 Å². The highest BCUT2D eigenvalue weighted by atomic mass is 15.1. The lowest BCUT2D eigenvalue weighted by Crippen LogP contribution is -2.46. The number of hydrogen-bond donors (Lipinski definition) is 2. The zero-order valence-corrected chi connectivity index (χ0v) is 11.3. The molecule has 1 fully saturated rings. The smallest absolute Gasteiger partial charge is 0.0455 e. The molecule has 0 radical (unpaired) electrons. The van der Waals surface area contributed by atoms with Crippen molar-refractivity contribution in [1.82, 2.24) is 10.6 Å². The first-order valence-electron chi connectivity index (χ1n) is 7.16. The van der Waals surface area contributed by atoms with Crippen molar-refractivity contribution in [2.24, 2.45) is 0 Å². The van der Waals surface area contributed by atoms with Gasteiger partial charge in [-0.2, -0.15) is 0 Å². The summed E-state index contributed by atoms with van der Waals surface area (Å²) in [5.41, 5.74) is 0.368. The second-order valence-corrected chi connectivity index (χ2v) is 5.60. The van der Waals surface area contributed by atoms with Gasteiger partial charge in [-0.05, 0) is 26.8 Å². The molecule has 16 heavy (non-hydrogen) atoms. The van der Waals surface area contributed by atoms with Crippen LogP contribution in [0.4, 0.5) is 0 Å². The van der Waals surface area contributed by atoms with E-state index >= 15 is 0 Å². The fraction of sp³-hybridized carbons (Fsp3) is 1.00. The van der Waals surface area contributed by atoms with Gasteiger partial charge in [0.05, 0.1) is 0 Å². The van der Waals surface area contributed by atoms with Gasteiger partial charge in [0.15, 0.2) is 0 Å². The van der Waals surface area contributed by atoms with Gasteiger partial charge < -0.3 is 5.32 Å². The minimum Gasteiger partial charge on any atom is -0.308 e. The molecule has 1 saturated carbocycles. The summed E-state index contributed by atoms with van der Waals surface area (Å²) in [6.07, 6.45) is 14.1. The molecule has 0 saturated heterocycles. The molecule has 2 heteroatoms. The monoisotopic (exact) mass is 226 g/mol. The Kier molecular flexibility index (Phi) is 7.06. The molecule has 1 rings (SSSR count). The van der Waals surface area contributed by atoms with Crippen molar-refractivity contribution in [2.45, 2.75) is 76.7 Å². The Labute approximate surface area is 102 Å². The lowest BCUT2D eigenvalue weighted by molar-refractivity contribution is 0.285. The SMILES string of the molecule is CNCNC1(C)CCCCCCCCCC1. The zero-order chi connectivity index (χ0) is 11.7. The molecule has 2 nitrogen and oxygen atoms in total. The largest absolute Gasteiger partial charge is 0.308 e. The summed E-state index contributed by atoms with van der Waals surface area (Å²) >= 11 is 0. The summed E-state index contributed by atoms with van der Waals surface area (Å²) in [6, 6.07) is 0. The van der Waals surface area contributed by atoms with Crippen LogP contribution in [0.2, 0.25) is 0 Å². The fourth-order valence-electron chi connectivity index (χ4n) is 2.69. The molecule has 0 atom stereocenters. The second-order valence-electron chi connectivity index (χ2n) is 5.60. The van der Waals surface area contributed by atoms with Crippen molar-refractivity contribution in [2.75, 3.05) is 13.7 Å². The first-order chi connectivity index (χ1) is 7.77. The number of hydrogen-bond acceptors (Lipinski definition) is 2. The highest BCUT2D eigenvalue weighted by Crippen LogP contribution is 2.24. The van der Waals surface area contributed by atoms with E-state index in [-0.39, 0.29) is 0 Å². The molecule has 0 unspecified atom stereocenters. The van der Waals surface area contributed by atoms with Crippen molar-refractivity contribution in [3.05, 3.63) is 0 Å². The van der Waals surface area contributed by atoms with E-state index in [0.717, 1.165) is 6.67 Å². The molecule has 1 aliphatic carbocycles. The van der Waals surface area contributed by atoms with Crippen LogP contribution in [-0.2, 0) is 0 Å². The third-order valence-corrected chi connectivity index (χ3v) is 3.90. The minimum absolute atomic E-state index is 0.368. The first kappa shape index (κ1) is 14.0. The Bertz CT molecular complexity index is 156. The molecule has 0 spiro atoms. The Morgan fingerprint density at radius 1 is 0.812 bits per heavy atom. The van der Waals surface area contributed by atoms with Gasteiger partial charge in [0.25, 0.3) is 0 Å². The first-order valence-corrected chi connectivity index (χ1v) is 7.16. The number of rotatable bonds is 3. The van der Waals surface area contributed by atoms with Crippen LogP contribution in [0.15, 0.2) is 0 Å². The maximum atomic E-state index is 3.67. The van der Waals surface area contributed by atoms with E-state index in [0.29, 0.717) is 5.54 Å². The van der Waals surface area contributed by atoms with Crippen molar-refractivity contribution in [1.29, 1.82) is 0 Å². The van der Waals surface area contributed by atoms with Gasteiger partial charge in [-0.15, -0.1) is 0 Å². The summed E-state index contributed by atoms with van der Waals surface area (Å²) < 4.78 is 0. The molecule has 0 aliphatic heterocycles. The van der Waals surface area contributed by atoms with Gasteiger partial charge in [-0.1, -0.05) is 51.4 Å². The van der Waals surface area contributed by atoms with Gasteiger partial charge >= 0.3 is 0 Å². The topological polar surface area (TPSA) is 24.1 Å². The lowest BCUT2D eigenvalue weighted by atomic mass is 9.89. The summed E-state index contributed by atoms with van der Waals surface area (Å²) in [6.45, 7) is 3.35. The maximum absolute atomic E-state index is 3.67. The zero-order valence-electron chi connectivity index (χ0n) is 11.3. The molecule has 1 aliphatic rings. The number of nitrogens with one attached hydrogen (secondary N) is 2. The lowest BCUT2D eigenvalue weighted by Gasteiger charge is -2.31. The normalized spacial score (nSPS) is 23.6. The van der Waals surface area contributed by atoms with Gasteiger partial charge in [0.1, 0.15) is 0 Å². The molecule has 0 aromatic heterocycles. The van der Waals surface area contributed by atoms with E-state index < -0.39 is 0 Å². The molecule has 2 N–H and O–H groups in total. The average molecular weight is 226 g/mol. The van der Waals surface area contributed by atoms with Crippen LogP contribution in [0.1, 0.15) is 71.1 Å². The Morgan fingerprint density at radius 3 is 1.69 bits per heavy atom. The standard InChI is InChI=1S/C14H30N2/c1-14(16-13-15-2)11-9-7-5-3-4-6-8-10-12-14/h15-16H,3-13H2,1-2H3. The summed E-state index contributed by atoms with van der Waals surface area (Å²) in [5, 5.41) is 6.88. The Hall–Kier alpha value is -0.0800. The molecule has 0 aromatic carbocycles. The quantitative estimate of drug-likeness (QED) is 0.721. The van der Waals surface area contributed by atoms with Crippen molar-refractivity contribution in [3.63, 3.8) is 0 Å². The maximum Gasteiger partial charge on any atom is 0.0455 e. The summed E-state index contributed by atoms with van der Waals surface area (Å²) in [4.78, 5) is 0. The van der Waals surface area contributed by atoms with Crippen molar-refractivity contribution in [3.8, 4) is 0 Å². The molecular weight excluding hydrogens is 196 g/mol. The highest BCUT2D eigenvalue weighted by molar-refractivity contribution is 4.82. The van der Waals surface area contributed by atoms with Crippen LogP contribution in [0, 0.1) is 0 Å². The highest BCUT2D eigenvalue weighted by Gasteiger charge is 2.22. The van der Waals surface area contributed by atoms with Crippen LogP contribution < -0.4 is 10.6 Å². The van der Waals surface area contributed by atoms with Crippen LogP contribution in [0.3, 0.4) is 0 Å². The van der Waals surface area contributed by atoms with Gasteiger partial charge in [0.2, 0.25) is 0 Å². The van der Waals surface area contributed by atoms with Crippen LogP contribution in [-0.4, -0.2) is 19.3 Å². The van der Waals surface area contributed by atoms with Crippen LogP contribution in [0.25, 0.3) is 0 Å². The van der Waals surface area contributed by atoms with E-state index in [2.05, 4.69) is 17.6 Å². The van der Waals surface area contributed by atoms with Gasteiger partial charge in [-0.3, -0.25) is 5.32 Å². The Balaban J connectivity index is 2.37. The van der Waals surface area contributed by atoms with Gasteiger partial charge in [0, 0.05) is 12.2 Å². The van der Waals surface area contributed by atoms with Crippen LogP contribution >= 0.6 is 0 Å². The Morgan fingerprint density at radius 2 is 1.25 bits per heavy atom.